The van der Waals surface area contributed by atoms with Gasteiger partial charge in [0.05, 0.1) is 5.75 Å². The fourth-order valence-electron chi connectivity index (χ4n) is 2.59. The summed E-state index contributed by atoms with van der Waals surface area (Å²) in [5.41, 5.74) is 6.85. The number of hydrogen-bond acceptors (Lipinski definition) is 4. The van der Waals surface area contributed by atoms with Gasteiger partial charge in [-0.25, -0.2) is 8.42 Å². The van der Waals surface area contributed by atoms with Crippen molar-refractivity contribution in [2.45, 2.75) is 24.6 Å². The van der Waals surface area contributed by atoms with Gasteiger partial charge in [-0.05, 0) is 30.5 Å². The minimum Gasteiger partial charge on any atom is -0.399 e. The van der Waals surface area contributed by atoms with E-state index >= 15 is 0 Å². The molecule has 0 radical (unpaired) electrons. The van der Waals surface area contributed by atoms with Crippen LogP contribution in [0.5, 0.6) is 0 Å². The molecule has 2 N–H and O–H groups in total. The Labute approximate surface area is 125 Å². The van der Waals surface area contributed by atoms with Gasteiger partial charge in [0.2, 0.25) is 15.9 Å². The third-order valence-corrected chi connectivity index (χ3v) is 5.44. The van der Waals surface area contributed by atoms with Crippen molar-refractivity contribution in [3.63, 3.8) is 0 Å². The fourth-order valence-corrected chi connectivity index (χ4v) is 4.35. The number of nitrogen functional groups attached to an aromatic ring is 1. The predicted molar refractivity (Wildman–Crippen MR) is 81.9 cm³/mol. The topological polar surface area (TPSA) is 83.7 Å². The number of amides is 1. The Morgan fingerprint density at radius 1 is 1.43 bits per heavy atom. The maximum atomic E-state index is 12.6. The molecular weight excluding hydrogens is 290 g/mol. The van der Waals surface area contributed by atoms with Crippen molar-refractivity contribution in [1.82, 2.24) is 9.21 Å². The van der Waals surface area contributed by atoms with Gasteiger partial charge in [-0.15, -0.1) is 0 Å². The van der Waals surface area contributed by atoms with Crippen LogP contribution in [0.2, 0.25) is 0 Å². The first-order valence-corrected chi connectivity index (χ1v) is 8.47. The zero-order valence-electron chi connectivity index (χ0n) is 12.3. The van der Waals surface area contributed by atoms with E-state index in [-0.39, 0.29) is 11.7 Å². The summed E-state index contributed by atoms with van der Waals surface area (Å²) in [4.78, 5) is 13.6. The second kappa shape index (κ2) is 6.03. The molecule has 21 heavy (non-hydrogen) atoms. The predicted octanol–water partition coefficient (Wildman–Crippen LogP) is 0.651. The van der Waals surface area contributed by atoms with Crippen molar-refractivity contribution >= 4 is 21.6 Å². The van der Waals surface area contributed by atoms with Gasteiger partial charge in [-0.3, -0.25) is 4.79 Å². The number of likely N-dealkylation sites (N-methyl/N-ethyl adjacent to an activating group) is 1. The molecule has 1 aliphatic rings. The van der Waals surface area contributed by atoms with Crippen molar-refractivity contribution in [1.29, 1.82) is 0 Å². The summed E-state index contributed by atoms with van der Waals surface area (Å²) in [7, 11) is -0.243. The normalized spacial score (nSPS) is 19.6. The molecule has 116 valence electrons. The Morgan fingerprint density at radius 2 is 2.14 bits per heavy atom. The van der Waals surface area contributed by atoms with Gasteiger partial charge in [0.15, 0.2) is 0 Å². The largest absolute Gasteiger partial charge is 0.399 e. The van der Waals surface area contributed by atoms with Gasteiger partial charge >= 0.3 is 0 Å². The summed E-state index contributed by atoms with van der Waals surface area (Å²) >= 11 is 0. The standard InChI is InChI=1S/C14H21N3O3S/c1-16(2)14(18)13-7-4-8-17(13)21(19,20)10-11-5-3-6-12(15)9-11/h3,5-6,9,13H,4,7-8,10,15H2,1-2H3. The number of hydrogen-bond donors (Lipinski definition) is 1. The molecule has 1 aromatic carbocycles. The van der Waals surface area contributed by atoms with E-state index in [9.17, 15) is 13.2 Å². The molecule has 0 bridgehead atoms. The maximum absolute atomic E-state index is 12.6. The second-order valence-electron chi connectivity index (χ2n) is 5.50. The second-order valence-corrected chi connectivity index (χ2v) is 7.42. The van der Waals surface area contributed by atoms with Crippen LogP contribution in [0.25, 0.3) is 0 Å². The Kier molecular flexibility index (Phi) is 4.53. The van der Waals surface area contributed by atoms with E-state index in [0.29, 0.717) is 30.6 Å². The number of carbonyl (C=O) groups excluding carboxylic acids is 1. The Bertz CT molecular complexity index is 628. The molecular formula is C14H21N3O3S. The van der Waals surface area contributed by atoms with Crippen molar-refractivity contribution in [2.24, 2.45) is 0 Å². The third kappa shape index (κ3) is 3.54. The lowest BCUT2D eigenvalue weighted by molar-refractivity contribution is -0.132. The number of sulfonamides is 1. The van der Waals surface area contributed by atoms with Crippen LogP contribution in [-0.4, -0.2) is 50.2 Å². The monoisotopic (exact) mass is 311 g/mol. The molecule has 6 nitrogen and oxygen atoms in total. The Morgan fingerprint density at radius 3 is 2.76 bits per heavy atom. The number of carbonyl (C=O) groups is 1. The molecule has 0 saturated carbocycles. The molecule has 1 fully saturated rings. The maximum Gasteiger partial charge on any atom is 0.240 e. The van der Waals surface area contributed by atoms with Gasteiger partial charge in [0.1, 0.15) is 6.04 Å². The van der Waals surface area contributed by atoms with Gasteiger partial charge in [0.25, 0.3) is 0 Å². The lowest BCUT2D eigenvalue weighted by Crippen LogP contribution is -2.45. The highest BCUT2D eigenvalue weighted by Gasteiger charge is 2.39. The summed E-state index contributed by atoms with van der Waals surface area (Å²) in [6.07, 6.45) is 1.29. The van der Waals surface area contributed by atoms with Crippen molar-refractivity contribution in [3.05, 3.63) is 29.8 Å². The molecule has 0 aliphatic carbocycles. The van der Waals surface area contributed by atoms with Crippen LogP contribution in [0.4, 0.5) is 5.69 Å². The van der Waals surface area contributed by atoms with Crippen LogP contribution < -0.4 is 5.73 Å². The molecule has 1 saturated heterocycles. The molecule has 1 aromatic rings. The van der Waals surface area contributed by atoms with Crippen LogP contribution in [0.3, 0.4) is 0 Å². The van der Waals surface area contributed by atoms with E-state index in [4.69, 9.17) is 5.73 Å². The first-order chi connectivity index (χ1) is 9.81. The van der Waals surface area contributed by atoms with Crippen molar-refractivity contribution in [2.75, 3.05) is 26.4 Å². The van der Waals surface area contributed by atoms with E-state index < -0.39 is 16.1 Å². The Balaban J connectivity index is 2.20. The third-order valence-electron chi connectivity index (χ3n) is 3.59. The van der Waals surface area contributed by atoms with Crippen LogP contribution in [0.15, 0.2) is 24.3 Å². The average molecular weight is 311 g/mol. The smallest absolute Gasteiger partial charge is 0.240 e. The van der Waals surface area contributed by atoms with E-state index in [0.717, 1.165) is 0 Å². The molecule has 7 heteroatoms. The molecule has 1 aliphatic heterocycles. The first kappa shape index (κ1) is 15.8. The number of benzene rings is 1. The summed E-state index contributed by atoms with van der Waals surface area (Å²) in [5.74, 6) is -0.293. The van der Waals surface area contributed by atoms with E-state index in [1.165, 1.54) is 9.21 Å². The number of nitrogens with zero attached hydrogens (tertiary/aromatic N) is 2. The van der Waals surface area contributed by atoms with Gasteiger partial charge in [-0.1, -0.05) is 12.1 Å². The van der Waals surface area contributed by atoms with Crippen LogP contribution in [0.1, 0.15) is 18.4 Å². The lowest BCUT2D eigenvalue weighted by atomic mass is 10.2. The molecule has 0 spiro atoms. The molecule has 1 atom stereocenters. The van der Waals surface area contributed by atoms with E-state index in [2.05, 4.69) is 0 Å². The molecule has 0 aromatic heterocycles. The Hall–Kier alpha value is -1.60. The summed E-state index contributed by atoms with van der Waals surface area (Å²) in [6, 6.07) is 6.24. The highest BCUT2D eigenvalue weighted by molar-refractivity contribution is 7.88. The minimum absolute atomic E-state index is 0.130. The van der Waals surface area contributed by atoms with Gasteiger partial charge < -0.3 is 10.6 Å². The highest BCUT2D eigenvalue weighted by atomic mass is 32.2. The van der Waals surface area contributed by atoms with Gasteiger partial charge in [0, 0.05) is 26.3 Å². The lowest BCUT2D eigenvalue weighted by Gasteiger charge is -2.25. The minimum atomic E-state index is -3.53. The number of nitrogens with two attached hydrogens (primary N) is 1. The summed E-state index contributed by atoms with van der Waals surface area (Å²) in [5, 5.41) is 0. The van der Waals surface area contributed by atoms with Gasteiger partial charge in [-0.2, -0.15) is 4.31 Å². The molecule has 1 heterocycles. The van der Waals surface area contributed by atoms with Crippen LogP contribution in [-0.2, 0) is 20.6 Å². The van der Waals surface area contributed by atoms with E-state index in [1.54, 1.807) is 38.4 Å². The fraction of sp³-hybridized carbons (Fsp3) is 0.500. The van der Waals surface area contributed by atoms with Crippen LogP contribution >= 0.6 is 0 Å². The number of anilines is 1. The SMILES string of the molecule is CN(C)C(=O)C1CCCN1S(=O)(=O)Cc1cccc(N)c1. The molecule has 1 amide bonds. The highest BCUT2D eigenvalue weighted by Crippen LogP contribution is 2.25. The summed E-state index contributed by atoms with van der Waals surface area (Å²) < 4.78 is 26.5. The zero-order chi connectivity index (χ0) is 15.6. The van der Waals surface area contributed by atoms with Crippen molar-refractivity contribution < 1.29 is 13.2 Å². The first-order valence-electron chi connectivity index (χ1n) is 6.86. The molecule has 2 rings (SSSR count). The van der Waals surface area contributed by atoms with E-state index in [1.807, 2.05) is 0 Å². The number of rotatable bonds is 4. The quantitative estimate of drug-likeness (QED) is 0.828. The molecule has 1 unspecified atom stereocenters. The van der Waals surface area contributed by atoms with Crippen molar-refractivity contribution in [3.8, 4) is 0 Å². The zero-order valence-corrected chi connectivity index (χ0v) is 13.1. The average Bonchev–Trinajstić information content (AvgIpc) is 2.87. The van der Waals surface area contributed by atoms with Crippen LogP contribution in [0, 0.1) is 0 Å². The summed E-state index contributed by atoms with van der Waals surface area (Å²) in [6.45, 7) is 0.398.